The summed E-state index contributed by atoms with van der Waals surface area (Å²) in [7, 11) is 1.31. The molecule has 162 valence electrons. The van der Waals surface area contributed by atoms with Crippen molar-refractivity contribution in [3.05, 3.63) is 95.1 Å². The predicted octanol–water partition coefficient (Wildman–Crippen LogP) is 5.45. The number of fused-ring (bicyclic) bond motifs is 1. The highest BCUT2D eigenvalue weighted by molar-refractivity contribution is 7.98. The van der Waals surface area contributed by atoms with Gasteiger partial charge in [-0.15, -0.1) is 11.8 Å². The number of ether oxygens (including phenoxy) is 2. The highest BCUT2D eigenvalue weighted by Gasteiger charge is 2.23. The second-order valence-electron chi connectivity index (χ2n) is 7.11. The molecule has 2 aromatic heterocycles. The molecule has 0 amide bonds. The zero-order valence-corrected chi connectivity index (χ0v) is 18.5. The number of carbonyl (C=O) groups excluding carboxylic acids is 1. The Morgan fingerprint density at radius 1 is 1.03 bits per heavy atom. The van der Waals surface area contributed by atoms with Gasteiger partial charge in [0, 0.05) is 11.6 Å². The summed E-state index contributed by atoms with van der Waals surface area (Å²) in [6.07, 6.45) is 4.22. The molecule has 0 aliphatic heterocycles. The first-order valence-corrected chi connectivity index (χ1v) is 11.2. The first-order valence-electron chi connectivity index (χ1n) is 9.95. The third-order valence-electron chi connectivity index (χ3n) is 4.94. The van der Waals surface area contributed by atoms with Gasteiger partial charge in [-0.25, -0.2) is 14.2 Å². The topological polar surface area (TPSA) is 61.3 Å². The minimum atomic E-state index is -0.581. The fourth-order valence-corrected chi connectivity index (χ4v) is 3.93. The molecular formula is C25H21FN2O3S. The molecule has 0 bridgehead atoms. The average molecular weight is 449 g/mol. The fraction of sp³-hybridized carbons (Fsp3) is 0.160. The molecule has 0 saturated carbocycles. The van der Waals surface area contributed by atoms with Crippen molar-refractivity contribution in [2.24, 2.45) is 0 Å². The second kappa shape index (κ2) is 9.78. The summed E-state index contributed by atoms with van der Waals surface area (Å²) in [6.45, 7) is 0.263. The van der Waals surface area contributed by atoms with Crippen LogP contribution in [0, 0.1) is 5.82 Å². The number of hydrogen-bond acceptors (Lipinski definition) is 6. The van der Waals surface area contributed by atoms with E-state index in [9.17, 15) is 9.18 Å². The molecule has 2 aromatic carbocycles. The number of carbonyl (C=O) groups is 1. The maximum Gasteiger partial charge on any atom is 0.360 e. The van der Waals surface area contributed by atoms with Gasteiger partial charge in [0.1, 0.15) is 23.0 Å². The van der Waals surface area contributed by atoms with E-state index in [0.717, 1.165) is 22.1 Å². The van der Waals surface area contributed by atoms with E-state index in [1.54, 1.807) is 18.3 Å². The van der Waals surface area contributed by atoms with Crippen molar-refractivity contribution in [1.82, 2.24) is 9.97 Å². The summed E-state index contributed by atoms with van der Waals surface area (Å²) in [5, 5.41) is 1.44. The van der Waals surface area contributed by atoms with Crippen LogP contribution in [0.15, 0.2) is 71.9 Å². The number of benzene rings is 2. The maximum atomic E-state index is 13.2. The molecule has 5 nitrogen and oxygen atoms in total. The number of rotatable bonds is 7. The molecule has 0 spiro atoms. The Kier molecular flexibility index (Phi) is 6.66. The van der Waals surface area contributed by atoms with Crippen LogP contribution < -0.4 is 4.74 Å². The van der Waals surface area contributed by atoms with Crippen molar-refractivity contribution < 1.29 is 18.7 Å². The molecule has 0 saturated heterocycles. The lowest BCUT2D eigenvalue weighted by molar-refractivity contribution is 0.0588. The van der Waals surface area contributed by atoms with Gasteiger partial charge < -0.3 is 9.47 Å². The van der Waals surface area contributed by atoms with Gasteiger partial charge in [-0.05, 0) is 47.6 Å². The Bertz CT molecular complexity index is 1250. The number of pyridine rings is 2. The van der Waals surface area contributed by atoms with Gasteiger partial charge in [0.2, 0.25) is 0 Å². The van der Waals surface area contributed by atoms with Gasteiger partial charge in [0.25, 0.3) is 0 Å². The molecule has 32 heavy (non-hydrogen) atoms. The third-order valence-corrected chi connectivity index (χ3v) is 5.64. The summed E-state index contributed by atoms with van der Waals surface area (Å²) in [5.74, 6) is -0.556. The summed E-state index contributed by atoms with van der Waals surface area (Å²) in [6, 6.07) is 18.0. The molecule has 0 radical (unpaired) electrons. The van der Waals surface area contributed by atoms with E-state index in [1.807, 2.05) is 42.7 Å². The van der Waals surface area contributed by atoms with Crippen LogP contribution in [0.4, 0.5) is 4.39 Å². The molecule has 4 rings (SSSR count). The number of hydrogen-bond donors (Lipinski definition) is 0. The average Bonchev–Trinajstić information content (AvgIpc) is 2.83. The molecule has 0 aliphatic carbocycles. The number of nitrogens with zero attached hydrogens (tertiary/aromatic N) is 2. The van der Waals surface area contributed by atoms with Crippen LogP contribution in [0.2, 0.25) is 0 Å². The molecule has 0 atom stereocenters. The smallest absolute Gasteiger partial charge is 0.360 e. The number of halogens is 1. The van der Waals surface area contributed by atoms with E-state index in [2.05, 4.69) is 9.97 Å². The van der Waals surface area contributed by atoms with Crippen molar-refractivity contribution in [2.45, 2.75) is 18.1 Å². The highest BCUT2D eigenvalue weighted by Crippen LogP contribution is 2.34. The second-order valence-corrected chi connectivity index (χ2v) is 7.90. The number of thioether (sulfide) groups is 1. The largest absolute Gasteiger partial charge is 0.484 e. The van der Waals surface area contributed by atoms with E-state index in [-0.39, 0.29) is 18.1 Å². The van der Waals surface area contributed by atoms with Crippen LogP contribution in [-0.4, -0.2) is 29.3 Å². The highest BCUT2D eigenvalue weighted by atomic mass is 32.2. The summed E-state index contributed by atoms with van der Waals surface area (Å²) < 4.78 is 24.2. The molecule has 0 aliphatic rings. The number of esters is 1. The maximum absolute atomic E-state index is 13.2. The normalized spacial score (nSPS) is 10.8. The molecular weight excluding hydrogens is 427 g/mol. The SMILES string of the molecule is COC(=O)c1nc(SC)c2cc(Cc3ccc(F)cc3)cnc2c1OCc1ccccc1. The van der Waals surface area contributed by atoms with Crippen LogP contribution in [0.3, 0.4) is 0 Å². The van der Waals surface area contributed by atoms with Gasteiger partial charge in [-0.1, -0.05) is 42.5 Å². The van der Waals surface area contributed by atoms with Crippen LogP contribution in [-0.2, 0) is 17.8 Å². The van der Waals surface area contributed by atoms with Gasteiger partial charge >= 0.3 is 5.97 Å². The van der Waals surface area contributed by atoms with Crippen LogP contribution in [0.1, 0.15) is 27.2 Å². The monoisotopic (exact) mass is 448 g/mol. The molecule has 0 N–H and O–H groups in total. The number of aromatic nitrogens is 2. The lowest BCUT2D eigenvalue weighted by Crippen LogP contribution is -2.10. The molecule has 4 aromatic rings. The molecule has 7 heteroatoms. The summed E-state index contributed by atoms with van der Waals surface area (Å²) >= 11 is 1.42. The lowest BCUT2D eigenvalue weighted by Gasteiger charge is -2.15. The zero-order chi connectivity index (χ0) is 22.5. The Balaban J connectivity index is 1.77. The first kappa shape index (κ1) is 21.8. The summed E-state index contributed by atoms with van der Waals surface area (Å²) in [5.41, 5.74) is 3.51. The molecule has 2 heterocycles. The van der Waals surface area contributed by atoms with Crippen LogP contribution in [0.5, 0.6) is 5.75 Å². The standard InChI is InChI=1S/C25H21FN2O3S/c1-30-25(29)22-23(31-15-17-6-4-3-5-7-17)21-20(24(28-22)32-2)13-18(14-27-21)12-16-8-10-19(26)11-9-16/h3-11,13-14H,12,15H2,1-2H3. The number of methoxy groups -OCH3 is 1. The minimum absolute atomic E-state index is 0.0964. The van der Waals surface area contributed by atoms with Crippen molar-refractivity contribution in [3.63, 3.8) is 0 Å². The Labute approximate surface area is 189 Å². The van der Waals surface area contributed by atoms with E-state index in [1.165, 1.54) is 31.0 Å². The first-order chi connectivity index (χ1) is 15.6. The fourth-order valence-electron chi connectivity index (χ4n) is 3.37. The van der Waals surface area contributed by atoms with Gasteiger partial charge in [0.05, 0.1) is 7.11 Å². The predicted molar refractivity (Wildman–Crippen MR) is 123 cm³/mol. The van der Waals surface area contributed by atoms with E-state index in [4.69, 9.17) is 9.47 Å². The van der Waals surface area contributed by atoms with E-state index in [0.29, 0.717) is 22.7 Å². The van der Waals surface area contributed by atoms with Gasteiger partial charge in [-0.2, -0.15) is 0 Å². The van der Waals surface area contributed by atoms with Crippen molar-refractivity contribution in [3.8, 4) is 5.75 Å². The third kappa shape index (κ3) is 4.73. The molecule has 0 fully saturated rings. The van der Waals surface area contributed by atoms with Crippen molar-refractivity contribution in [2.75, 3.05) is 13.4 Å². The van der Waals surface area contributed by atoms with Crippen LogP contribution in [0.25, 0.3) is 10.9 Å². The minimum Gasteiger partial charge on any atom is -0.484 e. The summed E-state index contributed by atoms with van der Waals surface area (Å²) in [4.78, 5) is 21.6. The van der Waals surface area contributed by atoms with E-state index < -0.39 is 5.97 Å². The quantitative estimate of drug-likeness (QED) is 0.277. The molecule has 0 unspecified atom stereocenters. The van der Waals surface area contributed by atoms with Crippen molar-refractivity contribution >= 4 is 28.6 Å². The van der Waals surface area contributed by atoms with Crippen molar-refractivity contribution in [1.29, 1.82) is 0 Å². The van der Waals surface area contributed by atoms with Crippen LogP contribution >= 0.6 is 11.8 Å². The Hall–Kier alpha value is -3.45. The lowest BCUT2D eigenvalue weighted by atomic mass is 10.0. The Morgan fingerprint density at radius 2 is 1.78 bits per heavy atom. The van der Waals surface area contributed by atoms with Gasteiger partial charge in [0.15, 0.2) is 11.4 Å². The zero-order valence-electron chi connectivity index (χ0n) is 17.7. The van der Waals surface area contributed by atoms with E-state index >= 15 is 0 Å². The van der Waals surface area contributed by atoms with Gasteiger partial charge in [-0.3, -0.25) is 4.98 Å². The Morgan fingerprint density at radius 3 is 2.47 bits per heavy atom.